The minimum Gasteiger partial charge on any atom is -0.326 e. The topological polar surface area (TPSA) is 104 Å². The average Bonchev–Trinajstić information content (AvgIpc) is 3.01. The van der Waals surface area contributed by atoms with Gasteiger partial charge in [0.15, 0.2) is 0 Å². The van der Waals surface area contributed by atoms with Crippen LogP contribution in [0.3, 0.4) is 0 Å². The molecule has 1 heterocycles. The van der Waals surface area contributed by atoms with Gasteiger partial charge in [0, 0.05) is 23.0 Å². The van der Waals surface area contributed by atoms with Crippen LogP contribution in [0.4, 0.5) is 5.69 Å². The second kappa shape index (κ2) is 7.00. The van der Waals surface area contributed by atoms with Crippen LogP contribution in [0.15, 0.2) is 24.4 Å². The van der Waals surface area contributed by atoms with Gasteiger partial charge >= 0.3 is 0 Å². The lowest BCUT2D eigenvalue weighted by Gasteiger charge is -2.30. The van der Waals surface area contributed by atoms with Gasteiger partial charge < -0.3 is 5.32 Å². The van der Waals surface area contributed by atoms with E-state index in [-0.39, 0.29) is 17.9 Å². The third kappa shape index (κ3) is 4.07. The molecule has 1 aromatic carbocycles. The number of benzene rings is 1. The smallest absolute Gasteiger partial charge is 0.227 e. The van der Waals surface area contributed by atoms with Gasteiger partial charge in [0.25, 0.3) is 0 Å². The Kier molecular flexibility index (Phi) is 5.07. The second-order valence-corrected chi connectivity index (χ2v) is 10.4. The maximum atomic E-state index is 12.5. The van der Waals surface area contributed by atoms with Gasteiger partial charge in [0.2, 0.25) is 15.9 Å². The molecule has 1 saturated carbocycles. The Labute approximate surface area is 154 Å². The van der Waals surface area contributed by atoms with E-state index in [1.54, 1.807) is 27.0 Å². The van der Waals surface area contributed by atoms with E-state index in [0.29, 0.717) is 25.7 Å². The number of hydrogen-bond donors (Lipinski definition) is 3. The fourth-order valence-electron chi connectivity index (χ4n) is 3.13. The lowest BCUT2D eigenvalue weighted by Crippen LogP contribution is -2.46. The summed E-state index contributed by atoms with van der Waals surface area (Å²) in [5.74, 6) is -0.101. The van der Waals surface area contributed by atoms with Crippen LogP contribution in [0.25, 0.3) is 10.9 Å². The molecule has 1 aliphatic carbocycles. The number of H-pyrrole nitrogens is 1. The van der Waals surface area contributed by atoms with Gasteiger partial charge in [0.05, 0.1) is 16.5 Å². The molecule has 0 radical (unpaired) electrons. The van der Waals surface area contributed by atoms with Gasteiger partial charge in [-0.3, -0.25) is 9.89 Å². The van der Waals surface area contributed by atoms with Crippen LogP contribution in [0.1, 0.15) is 46.5 Å². The molecule has 0 unspecified atom stereocenters. The first-order valence-electron chi connectivity index (χ1n) is 8.91. The summed E-state index contributed by atoms with van der Waals surface area (Å²) < 4.78 is 26.5. The fourth-order valence-corrected chi connectivity index (χ4v) is 4.16. The van der Waals surface area contributed by atoms with E-state index in [9.17, 15) is 13.2 Å². The van der Waals surface area contributed by atoms with Crippen molar-refractivity contribution in [2.24, 2.45) is 5.92 Å². The number of carbonyl (C=O) groups excluding carboxylic acids is 1. The Balaban J connectivity index is 1.55. The number of hydrogen-bond acceptors (Lipinski definition) is 4. The van der Waals surface area contributed by atoms with Gasteiger partial charge in [-0.1, -0.05) is 0 Å². The molecule has 3 N–H and O–H groups in total. The SMILES string of the molecule is CC(C)(C)S(=O)(=O)NC1CCC(C(=O)Nc2ccc3[nH]ncc3c2)CC1. The second-order valence-electron chi connectivity index (χ2n) is 7.94. The van der Waals surface area contributed by atoms with E-state index in [2.05, 4.69) is 20.2 Å². The summed E-state index contributed by atoms with van der Waals surface area (Å²) in [5.41, 5.74) is 1.68. The summed E-state index contributed by atoms with van der Waals surface area (Å²) >= 11 is 0. The molecular formula is C18H26N4O3S. The van der Waals surface area contributed by atoms with E-state index in [1.807, 2.05) is 18.2 Å². The molecule has 1 aromatic heterocycles. The number of amides is 1. The van der Waals surface area contributed by atoms with Crippen LogP contribution >= 0.6 is 0 Å². The van der Waals surface area contributed by atoms with Crippen LogP contribution in [-0.4, -0.2) is 35.3 Å². The third-order valence-corrected chi connectivity index (χ3v) is 7.19. The highest BCUT2D eigenvalue weighted by molar-refractivity contribution is 7.90. The number of sulfonamides is 1. The van der Waals surface area contributed by atoms with Crippen molar-refractivity contribution in [1.29, 1.82) is 0 Å². The highest BCUT2D eigenvalue weighted by Crippen LogP contribution is 2.28. The number of rotatable bonds is 4. The molecular weight excluding hydrogens is 352 g/mol. The first-order chi connectivity index (χ1) is 12.2. The number of aromatic amines is 1. The first kappa shape index (κ1) is 18.8. The quantitative estimate of drug-likeness (QED) is 0.761. The summed E-state index contributed by atoms with van der Waals surface area (Å²) in [7, 11) is -3.36. The van der Waals surface area contributed by atoms with Crippen LogP contribution in [0.5, 0.6) is 0 Å². The van der Waals surface area contributed by atoms with Crippen LogP contribution in [-0.2, 0) is 14.8 Å². The summed E-state index contributed by atoms with van der Waals surface area (Å²) in [6.07, 6.45) is 4.42. The number of nitrogens with one attached hydrogen (secondary N) is 3. The first-order valence-corrected chi connectivity index (χ1v) is 10.4. The van der Waals surface area contributed by atoms with Gasteiger partial charge in [-0.25, -0.2) is 13.1 Å². The largest absolute Gasteiger partial charge is 0.326 e. The molecule has 2 aromatic rings. The average molecular weight is 378 g/mol. The zero-order valence-corrected chi connectivity index (χ0v) is 16.2. The number of aromatic nitrogens is 2. The predicted octanol–water partition coefficient (Wildman–Crippen LogP) is 2.78. The zero-order chi connectivity index (χ0) is 18.9. The Morgan fingerprint density at radius 2 is 1.88 bits per heavy atom. The Morgan fingerprint density at radius 1 is 1.19 bits per heavy atom. The van der Waals surface area contributed by atoms with Crippen molar-refractivity contribution >= 4 is 32.5 Å². The maximum absolute atomic E-state index is 12.5. The fraction of sp³-hybridized carbons (Fsp3) is 0.556. The van der Waals surface area contributed by atoms with Crippen molar-refractivity contribution in [3.8, 4) is 0 Å². The van der Waals surface area contributed by atoms with Crippen molar-refractivity contribution in [3.05, 3.63) is 24.4 Å². The van der Waals surface area contributed by atoms with E-state index >= 15 is 0 Å². The van der Waals surface area contributed by atoms with Gasteiger partial charge in [-0.2, -0.15) is 5.10 Å². The Hall–Kier alpha value is -1.93. The minimum atomic E-state index is -3.36. The molecule has 0 saturated heterocycles. The summed E-state index contributed by atoms with van der Waals surface area (Å²) in [6, 6.07) is 5.53. The Morgan fingerprint density at radius 3 is 2.54 bits per heavy atom. The predicted molar refractivity (Wildman–Crippen MR) is 102 cm³/mol. The number of anilines is 1. The van der Waals surface area contributed by atoms with Crippen molar-refractivity contribution in [2.45, 2.75) is 57.2 Å². The monoisotopic (exact) mass is 378 g/mol. The zero-order valence-electron chi connectivity index (χ0n) is 15.4. The van der Waals surface area contributed by atoms with Gasteiger partial charge in [0.1, 0.15) is 0 Å². The van der Waals surface area contributed by atoms with Crippen molar-refractivity contribution < 1.29 is 13.2 Å². The normalized spacial score (nSPS) is 21.7. The maximum Gasteiger partial charge on any atom is 0.227 e. The number of fused-ring (bicyclic) bond motifs is 1. The standard InChI is InChI=1S/C18H26N4O3S/c1-18(2,3)26(24,25)22-14-6-4-12(5-7-14)17(23)20-15-8-9-16-13(10-15)11-19-21-16/h8-12,14,22H,4-7H2,1-3H3,(H,19,21)(H,20,23). The van der Waals surface area contributed by atoms with Crippen LogP contribution < -0.4 is 10.0 Å². The minimum absolute atomic E-state index is 0.00928. The van der Waals surface area contributed by atoms with Crippen LogP contribution in [0.2, 0.25) is 0 Å². The van der Waals surface area contributed by atoms with E-state index in [4.69, 9.17) is 0 Å². The van der Waals surface area contributed by atoms with Crippen molar-refractivity contribution in [1.82, 2.24) is 14.9 Å². The van der Waals surface area contributed by atoms with Crippen LogP contribution in [0, 0.1) is 5.92 Å². The molecule has 0 spiro atoms. The van der Waals surface area contributed by atoms with Gasteiger partial charge in [-0.05, 0) is 64.7 Å². The highest BCUT2D eigenvalue weighted by Gasteiger charge is 2.34. The third-order valence-electron chi connectivity index (χ3n) is 4.93. The molecule has 26 heavy (non-hydrogen) atoms. The summed E-state index contributed by atoms with van der Waals surface area (Å²) in [5, 5.41) is 10.8. The molecule has 7 nitrogen and oxygen atoms in total. The molecule has 0 atom stereocenters. The molecule has 0 aliphatic heterocycles. The number of carbonyl (C=O) groups is 1. The Bertz CT molecular complexity index is 891. The molecule has 142 valence electrons. The summed E-state index contributed by atoms with van der Waals surface area (Å²) in [6.45, 7) is 5.06. The number of nitrogens with zero attached hydrogens (tertiary/aromatic N) is 1. The molecule has 1 amide bonds. The summed E-state index contributed by atoms with van der Waals surface area (Å²) in [4.78, 5) is 12.5. The lowest BCUT2D eigenvalue weighted by molar-refractivity contribution is -0.120. The van der Waals surface area contributed by atoms with E-state index < -0.39 is 14.8 Å². The molecule has 1 aliphatic rings. The van der Waals surface area contributed by atoms with Crippen molar-refractivity contribution in [3.63, 3.8) is 0 Å². The molecule has 0 bridgehead atoms. The van der Waals surface area contributed by atoms with E-state index in [1.165, 1.54) is 0 Å². The molecule has 1 fully saturated rings. The molecule has 8 heteroatoms. The van der Waals surface area contributed by atoms with Gasteiger partial charge in [-0.15, -0.1) is 0 Å². The lowest BCUT2D eigenvalue weighted by atomic mass is 9.86. The highest BCUT2D eigenvalue weighted by atomic mass is 32.2. The van der Waals surface area contributed by atoms with E-state index in [0.717, 1.165) is 16.6 Å². The van der Waals surface area contributed by atoms with Crippen molar-refractivity contribution in [2.75, 3.05) is 5.32 Å². The molecule has 3 rings (SSSR count).